The van der Waals surface area contributed by atoms with Crippen molar-refractivity contribution >= 4 is 12.0 Å². The smallest absolute Gasteiger partial charge is 0.314 e. The van der Waals surface area contributed by atoms with Crippen molar-refractivity contribution in [2.45, 2.75) is 51.0 Å². The number of rotatable bonds is 8. The number of hydrogen-bond acceptors (Lipinski definition) is 3. The monoisotopic (exact) mass is 299 g/mol. The van der Waals surface area contributed by atoms with E-state index in [1.165, 1.54) is 12.8 Å². The van der Waals surface area contributed by atoms with Gasteiger partial charge in [-0.2, -0.15) is 0 Å². The summed E-state index contributed by atoms with van der Waals surface area (Å²) >= 11 is 0. The van der Waals surface area contributed by atoms with Gasteiger partial charge in [-0.1, -0.05) is 19.8 Å². The Bertz CT molecular complexity index is 352. The van der Waals surface area contributed by atoms with E-state index >= 15 is 0 Å². The van der Waals surface area contributed by atoms with E-state index in [0.29, 0.717) is 19.5 Å². The second-order valence-corrected chi connectivity index (χ2v) is 6.43. The number of nitrogens with zero attached hydrogens (tertiary/aromatic N) is 1. The van der Waals surface area contributed by atoms with Gasteiger partial charge in [0.1, 0.15) is 0 Å². The van der Waals surface area contributed by atoms with Gasteiger partial charge >= 0.3 is 12.0 Å². The Morgan fingerprint density at radius 2 is 1.86 bits per heavy atom. The van der Waals surface area contributed by atoms with E-state index in [2.05, 4.69) is 29.6 Å². The summed E-state index contributed by atoms with van der Waals surface area (Å²) in [6, 6.07) is -0.162. The second kappa shape index (κ2) is 8.22. The lowest BCUT2D eigenvalue weighted by atomic mass is 9.96. The van der Waals surface area contributed by atoms with E-state index in [4.69, 9.17) is 5.11 Å². The third-order valence-corrected chi connectivity index (χ3v) is 4.52. The Hall–Kier alpha value is -1.30. The molecule has 1 rings (SSSR count). The zero-order valence-corrected chi connectivity index (χ0v) is 13.4. The summed E-state index contributed by atoms with van der Waals surface area (Å²) in [6.07, 6.45) is 5.40. The van der Waals surface area contributed by atoms with Gasteiger partial charge in [-0.05, 0) is 39.3 Å². The van der Waals surface area contributed by atoms with Gasteiger partial charge in [0, 0.05) is 25.0 Å². The van der Waals surface area contributed by atoms with E-state index < -0.39 is 5.97 Å². The number of likely N-dealkylation sites (N-methyl/N-ethyl adjacent to an activating group) is 1. The average Bonchev–Trinajstić information content (AvgIpc) is 2.90. The highest BCUT2D eigenvalue weighted by molar-refractivity contribution is 5.73. The molecule has 6 heteroatoms. The van der Waals surface area contributed by atoms with Crippen molar-refractivity contribution < 1.29 is 14.7 Å². The molecule has 0 radical (unpaired) electrons. The van der Waals surface area contributed by atoms with Gasteiger partial charge in [0.25, 0.3) is 0 Å². The summed E-state index contributed by atoms with van der Waals surface area (Å²) < 4.78 is 0. The lowest BCUT2D eigenvalue weighted by molar-refractivity contribution is -0.137. The normalized spacial score (nSPS) is 18.5. The molecule has 6 nitrogen and oxygen atoms in total. The molecule has 0 spiro atoms. The van der Waals surface area contributed by atoms with Crippen molar-refractivity contribution in [2.24, 2.45) is 5.92 Å². The third-order valence-electron chi connectivity index (χ3n) is 4.52. The third kappa shape index (κ3) is 5.91. The Balaban J connectivity index is 2.26. The van der Waals surface area contributed by atoms with Gasteiger partial charge in [0.05, 0.1) is 0 Å². The van der Waals surface area contributed by atoms with Crippen LogP contribution in [0, 0.1) is 5.92 Å². The first-order valence-corrected chi connectivity index (χ1v) is 7.77. The average molecular weight is 299 g/mol. The first-order chi connectivity index (χ1) is 9.85. The molecular weight excluding hydrogens is 270 g/mol. The predicted octanol–water partition coefficient (Wildman–Crippen LogP) is 1.66. The van der Waals surface area contributed by atoms with Crippen molar-refractivity contribution in [3.8, 4) is 0 Å². The number of amides is 2. The van der Waals surface area contributed by atoms with E-state index in [-0.39, 0.29) is 23.9 Å². The number of aliphatic carboxylic acids is 1. The molecule has 3 N–H and O–H groups in total. The molecule has 0 bridgehead atoms. The summed E-state index contributed by atoms with van der Waals surface area (Å²) in [7, 11) is 4.14. The molecule has 21 heavy (non-hydrogen) atoms. The zero-order valence-electron chi connectivity index (χ0n) is 13.4. The SMILES string of the molecule is CC(CCC(=O)O)CNC(=O)NCC1(N(C)C)CCCC1. The van der Waals surface area contributed by atoms with Crippen LogP contribution in [0.4, 0.5) is 4.79 Å². The van der Waals surface area contributed by atoms with Gasteiger partial charge in [0.2, 0.25) is 0 Å². The molecule has 0 saturated heterocycles. The summed E-state index contributed by atoms with van der Waals surface area (Å²) in [5.41, 5.74) is 0.0895. The summed E-state index contributed by atoms with van der Waals surface area (Å²) in [6.45, 7) is 3.12. The topological polar surface area (TPSA) is 81.7 Å². The van der Waals surface area contributed by atoms with Crippen LogP contribution in [-0.4, -0.2) is 54.7 Å². The fourth-order valence-corrected chi connectivity index (χ4v) is 2.86. The Labute approximate surface area is 127 Å². The zero-order chi connectivity index (χ0) is 15.9. The molecule has 1 saturated carbocycles. The minimum absolute atomic E-state index is 0.0895. The van der Waals surface area contributed by atoms with Crippen molar-refractivity contribution in [1.29, 1.82) is 0 Å². The van der Waals surface area contributed by atoms with Crippen LogP contribution < -0.4 is 10.6 Å². The number of carbonyl (C=O) groups excluding carboxylic acids is 1. The van der Waals surface area contributed by atoms with Gasteiger partial charge < -0.3 is 20.6 Å². The highest BCUT2D eigenvalue weighted by atomic mass is 16.4. The molecule has 1 aliphatic rings. The largest absolute Gasteiger partial charge is 0.481 e. The molecule has 0 aliphatic heterocycles. The molecule has 0 aromatic rings. The van der Waals surface area contributed by atoms with E-state index in [9.17, 15) is 9.59 Å². The first kappa shape index (κ1) is 17.8. The Morgan fingerprint density at radius 1 is 1.24 bits per heavy atom. The molecule has 0 aromatic carbocycles. The first-order valence-electron chi connectivity index (χ1n) is 7.77. The van der Waals surface area contributed by atoms with Crippen LogP contribution >= 0.6 is 0 Å². The van der Waals surface area contributed by atoms with Crippen LogP contribution in [0.1, 0.15) is 45.4 Å². The maximum atomic E-state index is 11.9. The Morgan fingerprint density at radius 3 is 2.38 bits per heavy atom. The highest BCUT2D eigenvalue weighted by Crippen LogP contribution is 2.32. The minimum atomic E-state index is -0.791. The molecule has 122 valence electrons. The molecule has 1 atom stereocenters. The second-order valence-electron chi connectivity index (χ2n) is 6.43. The molecule has 1 aliphatic carbocycles. The van der Waals surface area contributed by atoms with Crippen molar-refractivity contribution in [2.75, 3.05) is 27.2 Å². The lowest BCUT2D eigenvalue weighted by Gasteiger charge is -2.36. The number of hydrogen-bond donors (Lipinski definition) is 3. The molecule has 1 unspecified atom stereocenters. The van der Waals surface area contributed by atoms with E-state index in [1.807, 2.05) is 6.92 Å². The van der Waals surface area contributed by atoms with Crippen molar-refractivity contribution in [3.63, 3.8) is 0 Å². The summed E-state index contributed by atoms with van der Waals surface area (Å²) in [5.74, 6) is -0.624. The molecule has 2 amide bonds. The van der Waals surface area contributed by atoms with Crippen molar-refractivity contribution in [3.05, 3.63) is 0 Å². The summed E-state index contributed by atoms with van der Waals surface area (Å²) in [5, 5.41) is 14.4. The van der Waals surface area contributed by atoms with E-state index in [1.54, 1.807) is 0 Å². The maximum Gasteiger partial charge on any atom is 0.314 e. The molecule has 0 heterocycles. The lowest BCUT2D eigenvalue weighted by Crippen LogP contribution is -2.52. The summed E-state index contributed by atoms with van der Waals surface area (Å²) in [4.78, 5) is 24.6. The molecule has 0 aromatic heterocycles. The van der Waals surface area contributed by atoms with Crippen LogP contribution in [0.5, 0.6) is 0 Å². The maximum absolute atomic E-state index is 11.9. The van der Waals surface area contributed by atoms with Crippen molar-refractivity contribution in [1.82, 2.24) is 15.5 Å². The molecule has 1 fully saturated rings. The van der Waals surface area contributed by atoms with Crippen LogP contribution in [0.25, 0.3) is 0 Å². The van der Waals surface area contributed by atoms with Gasteiger partial charge in [-0.15, -0.1) is 0 Å². The highest BCUT2D eigenvalue weighted by Gasteiger charge is 2.36. The number of carbonyl (C=O) groups is 2. The van der Waals surface area contributed by atoms with Crippen LogP contribution in [0.2, 0.25) is 0 Å². The van der Waals surface area contributed by atoms with E-state index in [0.717, 1.165) is 12.8 Å². The number of carboxylic acid groups (broad SMARTS) is 1. The van der Waals surface area contributed by atoms with Gasteiger partial charge in [0.15, 0.2) is 0 Å². The molecular formula is C15H29N3O3. The minimum Gasteiger partial charge on any atom is -0.481 e. The Kier molecular flexibility index (Phi) is 6.95. The number of carboxylic acids is 1. The number of urea groups is 1. The van der Waals surface area contributed by atoms with Crippen LogP contribution in [0.3, 0.4) is 0 Å². The quantitative estimate of drug-likeness (QED) is 0.636. The predicted molar refractivity (Wildman–Crippen MR) is 82.3 cm³/mol. The fraction of sp³-hybridized carbons (Fsp3) is 0.867. The van der Waals surface area contributed by atoms with Crippen LogP contribution in [0.15, 0.2) is 0 Å². The standard InChI is InChI=1S/C15H29N3O3/c1-12(6-7-13(19)20)10-16-14(21)17-11-15(18(2)3)8-4-5-9-15/h12H,4-11H2,1-3H3,(H,19,20)(H2,16,17,21). The van der Waals surface area contributed by atoms with Crippen LogP contribution in [-0.2, 0) is 4.79 Å². The van der Waals surface area contributed by atoms with Gasteiger partial charge in [-0.25, -0.2) is 4.79 Å². The van der Waals surface area contributed by atoms with Gasteiger partial charge in [-0.3, -0.25) is 4.79 Å². The fourth-order valence-electron chi connectivity index (χ4n) is 2.86. The number of nitrogens with one attached hydrogen (secondary N) is 2.